The summed E-state index contributed by atoms with van der Waals surface area (Å²) in [6.45, 7) is 0. The Hall–Kier alpha value is -2.25. The lowest BCUT2D eigenvalue weighted by Crippen LogP contribution is -2.35. The fraction of sp³-hybridized carbons (Fsp3) is 0.176. The van der Waals surface area contributed by atoms with Gasteiger partial charge >= 0.3 is 0 Å². The summed E-state index contributed by atoms with van der Waals surface area (Å²) in [5.41, 5.74) is 1.10. The molecule has 1 aliphatic rings. The summed E-state index contributed by atoms with van der Waals surface area (Å²) in [7, 11) is -4.04. The third-order valence-electron chi connectivity index (χ3n) is 3.94. The van der Waals surface area contributed by atoms with E-state index >= 15 is 0 Å². The van der Waals surface area contributed by atoms with Crippen LogP contribution in [0.1, 0.15) is 33.8 Å². The number of rotatable bonds is 4. The van der Waals surface area contributed by atoms with Crippen LogP contribution in [0.2, 0.25) is 5.02 Å². The molecule has 5 nitrogen and oxygen atoms in total. The summed E-state index contributed by atoms with van der Waals surface area (Å²) >= 11 is 5.56. The van der Waals surface area contributed by atoms with Gasteiger partial charge in [-0.05, 0) is 23.3 Å². The lowest BCUT2D eigenvalue weighted by molar-refractivity contribution is -0.120. The third-order valence-corrected chi connectivity index (χ3v) is 5.47. The van der Waals surface area contributed by atoms with Crippen molar-refractivity contribution < 1.29 is 22.4 Å². The lowest BCUT2D eigenvalue weighted by Gasteiger charge is -2.12. The average molecular weight is 382 g/mol. The third kappa shape index (κ3) is 3.72. The van der Waals surface area contributed by atoms with Crippen molar-refractivity contribution in [2.24, 2.45) is 0 Å². The molecule has 0 saturated heterocycles. The van der Waals surface area contributed by atoms with Gasteiger partial charge in [-0.15, -0.1) is 0 Å². The van der Waals surface area contributed by atoms with Gasteiger partial charge in [0.15, 0.2) is 5.78 Å². The molecule has 0 fully saturated rings. The summed E-state index contributed by atoms with van der Waals surface area (Å²) in [5.74, 6) is -3.13. The van der Waals surface area contributed by atoms with E-state index in [1.54, 1.807) is 24.3 Å². The number of fused-ring (bicyclic) bond motifs is 1. The number of amides is 1. The molecule has 1 aliphatic carbocycles. The number of carbonyl (C=O) groups excluding carboxylic acids is 2. The average Bonchev–Trinajstić information content (AvgIpc) is 2.88. The zero-order valence-corrected chi connectivity index (χ0v) is 14.4. The Balaban J connectivity index is 1.76. The fourth-order valence-electron chi connectivity index (χ4n) is 2.80. The predicted octanol–water partition coefficient (Wildman–Crippen LogP) is 2.80. The first-order chi connectivity index (χ1) is 11.8. The molecule has 0 bridgehead atoms. The van der Waals surface area contributed by atoms with Gasteiger partial charge in [-0.2, -0.15) is 0 Å². The number of carbonyl (C=O) groups is 2. The molecular formula is C17H13ClFNO4S. The molecule has 0 radical (unpaired) electrons. The molecule has 0 heterocycles. The zero-order chi connectivity index (χ0) is 18.2. The molecule has 3 rings (SSSR count). The van der Waals surface area contributed by atoms with Crippen molar-refractivity contribution in [3.63, 3.8) is 0 Å². The number of halogens is 2. The summed E-state index contributed by atoms with van der Waals surface area (Å²) in [6, 6.07) is 10.2. The van der Waals surface area contributed by atoms with Crippen molar-refractivity contribution in [1.29, 1.82) is 0 Å². The van der Waals surface area contributed by atoms with Gasteiger partial charge in [-0.1, -0.05) is 41.9 Å². The molecule has 2 aromatic carbocycles. The Labute approximate surface area is 148 Å². The first-order valence-electron chi connectivity index (χ1n) is 7.37. The number of Topliss-reactive ketones (excluding diaryl/α,β-unsaturated/α-hetero) is 1. The molecule has 0 aliphatic heterocycles. The normalized spacial score (nSPS) is 16.6. The highest BCUT2D eigenvalue weighted by molar-refractivity contribution is 7.89. The molecule has 8 heteroatoms. The molecule has 0 spiro atoms. The van der Waals surface area contributed by atoms with E-state index in [0.717, 1.165) is 6.07 Å². The highest BCUT2D eigenvalue weighted by atomic mass is 35.5. The Kier molecular flexibility index (Phi) is 4.62. The van der Waals surface area contributed by atoms with Gasteiger partial charge in [0.25, 0.3) is 0 Å². The van der Waals surface area contributed by atoms with Crippen molar-refractivity contribution in [2.45, 2.75) is 18.1 Å². The van der Waals surface area contributed by atoms with Crippen LogP contribution in [0.4, 0.5) is 4.39 Å². The number of hydrogen-bond donors (Lipinski definition) is 1. The topological polar surface area (TPSA) is 80.3 Å². The lowest BCUT2D eigenvalue weighted by atomic mass is 10.0. The molecule has 0 saturated carbocycles. The Morgan fingerprint density at radius 2 is 1.96 bits per heavy atom. The smallest absolute Gasteiger partial charge is 0.241 e. The van der Waals surface area contributed by atoms with Crippen molar-refractivity contribution in [2.75, 3.05) is 0 Å². The van der Waals surface area contributed by atoms with E-state index in [0.29, 0.717) is 11.1 Å². The van der Waals surface area contributed by atoms with E-state index in [1.807, 2.05) is 4.72 Å². The van der Waals surface area contributed by atoms with Gasteiger partial charge in [0.05, 0.1) is 16.7 Å². The SMILES string of the molecule is O=C1CC(C(=O)NS(=O)(=O)Cc2ccc(Cl)c(F)c2)c2ccccc21. The molecular weight excluding hydrogens is 369 g/mol. The minimum atomic E-state index is -4.04. The van der Waals surface area contributed by atoms with E-state index in [2.05, 4.69) is 0 Å². The standard InChI is InChI=1S/C17H13ClFNO4S/c18-14-6-5-10(7-15(14)19)9-25(23,24)20-17(22)13-8-16(21)12-4-2-1-3-11(12)13/h1-7,13H,8-9H2,(H,20,22). The van der Waals surface area contributed by atoms with Crippen molar-refractivity contribution >= 4 is 33.3 Å². The van der Waals surface area contributed by atoms with Gasteiger partial charge in [0, 0.05) is 12.0 Å². The van der Waals surface area contributed by atoms with Crippen LogP contribution in [0.5, 0.6) is 0 Å². The number of ketones is 1. The largest absolute Gasteiger partial charge is 0.294 e. The van der Waals surface area contributed by atoms with Crippen LogP contribution in [0.15, 0.2) is 42.5 Å². The predicted molar refractivity (Wildman–Crippen MR) is 90.3 cm³/mol. The van der Waals surface area contributed by atoms with Gasteiger partial charge in [0.1, 0.15) is 5.82 Å². The molecule has 1 atom stereocenters. The van der Waals surface area contributed by atoms with E-state index < -0.39 is 33.4 Å². The van der Waals surface area contributed by atoms with Crippen molar-refractivity contribution in [3.05, 3.63) is 70.0 Å². The molecule has 0 aromatic heterocycles. The number of hydrogen-bond acceptors (Lipinski definition) is 4. The van der Waals surface area contributed by atoms with Crippen LogP contribution in [0.3, 0.4) is 0 Å². The number of benzene rings is 2. The van der Waals surface area contributed by atoms with E-state index in [4.69, 9.17) is 11.6 Å². The van der Waals surface area contributed by atoms with Gasteiger partial charge in [0.2, 0.25) is 15.9 Å². The summed E-state index contributed by atoms with van der Waals surface area (Å²) in [5, 5.41) is -0.119. The minimum Gasteiger partial charge on any atom is -0.294 e. The summed E-state index contributed by atoms with van der Waals surface area (Å²) in [6.07, 6.45) is -0.0731. The molecule has 130 valence electrons. The number of nitrogens with one attached hydrogen (secondary N) is 1. The van der Waals surface area contributed by atoms with Crippen molar-refractivity contribution in [3.8, 4) is 0 Å². The molecule has 1 unspecified atom stereocenters. The maximum Gasteiger partial charge on any atom is 0.241 e. The molecule has 1 amide bonds. The first kappa shape index (κ1) is 17.6. The van der Waals surface area contributed by atoms with Gasteiger partial charge in [-0.3, -0.25) is 14.3 Å². The van der Waals surface area contributed by atoms with Crippen LogP contribution in [-0.2, 0) is 20.6 Å². The van der Waals surface area contributed by atoms with E-state index in [9.17, 15) is 22.4 Å². The van der Waals surface area contributed by atoms with Crippen LogP contribution in [-0.4, -0.2) is 20.1 Å². The second-order valence-electron chi connectivity index (χ2n) is 5.74. The second kappa shape index (κ2) is 6.57. The van der Waals surface area contributed by atoms with Crippen LogP contribution in [0, 0.1) is 5.82 Å². The number of sulfonamides is 1. The maximum atomic E-state index is 13.4. The Morgan fingerprint density at radius 1 is 1.24 bits per heavy atom. The zero-order valence-electron chi connectivity index (χ0n) is 12.8. The van der Waals surface area contributed by atoms with Crippen LogP contribution >= 0.6 is 11.6 Å². The molecule has 25 heavy (non-hydrogen) atoms. The Morgan fingerprint density at radius 3 is 2.68 bits per heavy atom. The Bertz CT molecular complexity index is 974. The van der Waals surface area contributed by atoms with Gasteiger partial charge in [-0.25, -0.2) is 12.8 Å². The van der Waals surface area contributed by atoms with Crippen molar-refractivity contribution in [1.82, 2.24) is 4.72 Å². The quantitative estimate of drug-likeness (QED) is 0.883. The van der Waals surface area contributed by atoms with E-state index in [-0.39, 0.29) is 22.8 Å². The molecule has 1 N–H and O–H groups in total. The van der Waals surface area contributed by atoms with E-state index in [1.165, 1.54) is 12.1 Å². The van der Waals surface area contributed by atoms with Crippen LogP contribution < -0.4 is 4.72 Å². The minimum absolute atomic E-state index is 0.0731. The first-order valence-corrected chi connectivity index (χ1v) is 9.40. The van der Waals surface area contributed by atoms with Crippen LogP contribution in [0.25, 0.3) is 0 Å². The monoisotopic (exact) mass is 381 g/mol. The maximum absolute atomic E-state index is 13.4. The second-order valence-corrected chi connectivity index (χ2v) is 7.87. The summed E-state index contributed by atoms with van der Waals surface area (Å²) < 4.78 is 39.8. The van der Waals surface area contributed by atoms with Gasteiger partial charge < -0.3 is 0 Å². The highest BCUT2D eigenvalue weighted by Crippen LogP contribution is 2.33. The summed E-state index contributed by atoms with van der Waals surface area (Å²) in [4.78, 5) is 24.3. The fourth-order valence-corrected chi connectivity index (χ4v) is 4.06. The molecule has 2 aromatic rings. The highest BCUT2D eigenvalue weighted by Gasteiger charge is 2.35.